The number of halogens is 2. The van der Waals surface area contributed by atoms with E-state index < -0.39 is 5.97 Å². The molecule has 0 fully saturated rings. The molecule has 116 valence electrons. The van der Waals surface area contributed by atoms with Crippen molar-refractivity contribution in [2.24, 2.45) is 11.8 Å². The van der Waals surface area contributed by atoms with E-state index in [9.17, 15) is 9.59 Å². The van der Waals surface area contributed by atoms with Crippen molar-refractivity contribution < 1.29 is 14.7 Å². The summed E-state index contributed by atoms with van der Waals surface area (Å²) < 4.78 is 1.59. The zero-order chi connectivity index (χ0) is 16.0. The fraction of sp³-hybridized carbons (Fsp3) is 0.467. The lowest BCUT2D eigenvalue weighted by atomic mass is 9.94. The number of benzene rings is 1. The minimum absolute atomic E-state index is 0.0549. The Labute approximate surface area is 141 Å². The van der Waals surface area contributed by atoms with Gasteiger partial charge in [-0.1, -0.05) is 29.8 Å². The van der Waals surface area contributed by atoms with E-state index in [0.717, 1.165) is 10.9 Å². The molecule has 0 saturated carbocycles. The number of aliphatic carboxylic acids is 1. The second-order valence-corrected chi connectivity index (χ2v) is 7.20. The Morgan fingerprint density at radius 2 is 1.95 bits per heavy atom. The van der Waals surface area contributed by atoms with Gasteiger partial charge in [-0.15, -0.1) is 0 Å². The van der Waals surface area contributed by atoms with Crippen LogP contribution in [0, 0.1) is 11.8 Å². The van der Waals surface area contributed by atoms with E-state index in [0.29, 0.717) is 22.5 Å². The molecule has 1 amide bonds. The van der Waals surface area contributed by atoms with E-state index in [1.807, 2.05) is 13.8 Å². The highest BCUT2D eigenvalue weighted by molar-refractivity contribution is 9.11. The Morgan fingerprint density at radius 1 is 1.29 bits per heavy atom. The number of carbonyl (C=O) groups is 2. The van der Waals surface area contributed by atoms with E-state index in [1.54, 1.807) is 18.2 Å². The first-order valence-electron chi connectivity index (χ1n) is 6.74. The van der Waals surface area contributed by atoms with Gasteiger partial charge in [0.05, 0.1) is 5.56 Å². The van der Waals surface area contributed by atoms with Crippen molar-refractivity contribution in [3.05, 3.63) is 32.7 Å². The molecule has 0 aliphatic heterocycles. The maximum atomic E-state index is 12.1. The third-order valence-corrected chi connectivity index (χ3v) is 4.14. The van der Waals surface area contributed by atoms with Crippen LogP contribution in [0.5, 0.6) is 0 Å². The van der Waals surface area contributed by atoms with Crippen LogP contribution in [0.2, 0.25) is 0 Å². The Kier molecular flexibility index (Phi) is 7.39. The normalized spacial score (nSPS) is 12.2. The predicted octanol–water partition coefficient (Wildman–Crippen LogP) is 4.08. The van der Waals surface area contributed by atoms with Crippen LogP contribution in [0.15, 0.2) is 27.1 Å². The number of carboxylic acids is 1. The molecule has 0 saturated heterocycles. The zero-order valence-electron chi connectivity index (χ0n) is 12.0. The standard InChI is InChI=1S/C15H19Br2NO3/c1-9(2)5-10(6-14(19)20)8-18-15(21)12-4-3-11(16)7-13(12)17/h3-4,7,9-10H,5-6,8H2,1-2H3,(H,18,21)(H,19,20). The first-order valence-corrected chi connectivity index (χ1v) is 8.33. The average Bonchev–Trinajstić information content (AvgIpc) is 2.34. The molecule has 0 aliphatic rings. The summed E-state index contributed by atoms with van der Waals surface area (Å²) in [5.41, 5.74) is 0.539. The van der Waals surface area contributed by atoms with Crippen LogP contribution in [-0.4, -0.2) is 23.5 Å². The molecular formula is C15H19Br2NO3. The van der Waals surface area contributed by atoms with Gasteiger partial charge in [-0.2, -0.15) is 0 Å². The van der Waals surface area contributed by atoms with Gasteiger partial charge in [-0.3, -0.25) is 9.59 Å². The topological polar surface area (TPSA) is 66.4 Å². The maximum absolute atomic E-state index is 12.1. The van der Waals surface area contributed by atoms with Gasteiger partial charge >= 0.3 is 5.97 Å². The lowest BCUT2D eigenvalue weighted by Crippen LogP contribution is -2.31. The Hall–Kier alpha value is -0.880. The molecule has 1 aromatic rings. The maximum Gasteiger partial charge on any atom is 0.303 e. The smallest absolute Gasteiger partial charge is 0.303 e. The van der Waals surface area contributed by atoms with Gasteiger partial charge in [0.2, 0.25) is 0 Å². The minimum atomic E-state index is -0.834. The molecule has 1 rings (SSSR count). The predicted molar refractivity (Wildman–Crippen MR) is 89.4 cm³/mol. The highest BCUT2D eigenvalue weighted by Gasteiger charge is 2.17. The van der Waals surface area contributed by atoms with Crippen LogP contribution < -0.4 is 5.32 Å². The van der Waals surface area contributed by atoms with Crippen molar-refractivity contribution >= 4 is 43.7 Å². The zero-order valence-corrected chi connectivity index (χ0v) is 15.2. The summed E-state index contributed by atoms with van der Waals surface area (Å²) in [6.45, 7) is 4.45. The van der Waals surface area contributed by atoms with E-state index in [1.165, 1.54) is 0 Å². The lowest BCUT2D eigenvalue weighted by molar-refractivity contribution is -0.138. The van der Waals surface area contributed by atoms with Crippen molar-refractivity contribution in [1.29, 1.82) is 0 Å². The molecule has 4 nitrogen and oxygen atoms in total. The first-order chi connectivity index (χ1) is 9.79. The van der Waals surface area contributed by atoms with Crippen LogP contribution in [-0.2, 0) is 4.79 Å². The summed E-state index contributed by atoms with van der Waals surface area (Å²) in [5.74, 6) is -0.695. The number of rotatable bonds is 7. The van der Waals surface area contributed by atoms with Crippen molar-refractivity contribution in [2.75, 3.05) is 6.54 Å². The molecule has 0 radical (unpaired) electrons. The molecular weight excluding hydrogens is 402 g/mol. The van der Waals surface area contributed by atoms with Gasteiger partial charge in [0.1, 0.15) is 0 Å². The van der Waals surface area contributed by atoms with Crippen LogP contribution in [0.4, 0.5) is 0 Å². The number of hydrogen-bond donors (Lipinski definition) is 2. The molecule has 0 heterocycles. The van der Waals surface area contributed by atoms with E-state index in [-0.39, 0.29) is 18.2 Å². The van der Waals surface area contributed by atoms with Crippen LogP contribution in [0.1, 0.15) is 37.0 Å². The molecule has 0 bridgehead atoms. The van der Waals surface area contributed by atoms with Gasteiger partial charge in [0.15, 0.2) is 0 Å². The molecule has 1 atom stereocenters. The summed E-state index contributed by atoms with van der Waals surface area (Å²) in [4.78, 5) is 23.0. The molecule has 6 heteroatoms. The van der Waals surface area contributed by atoms with Crippen molar-refractivity contribution in [2.45, 2.75) is 26.7 Å². The SMILES string of the molecule is CC(C)CC(CNC(=O)c1ccc(Br)cc1Br)CC(=O)O. The van der Waals surface area contributed by atoms with E-state index in [4.69, 9.17) is 5.11 Å². The molecule has 2 N–H and O–H groups in total. The quantitative estimate of drug-likeness (QED) is 0.698. The van der Waals surface area contributed by atoms with Crippen LogP contribution in [0.25, 0.3) is 0 Å². The highest BCUT2D eigenvalue weighted by Crippen LogP contribution is 2.22. The molecule has 0 spiro atoms. The molecule has 21 heavy (non-hydrogen) atoms. The number of amides is 1. The Morgan fingerprint density at radius 3 is 2.48 bits per heavy atom. The van der Waals surface area contributed by atoms with E-state index >= 15 is 0 Å². The highest BCUT2D eigenvalue weighted by atomic mass is 79.9. The number of hydrogen-bond acceptors (Lipinski definition) is 2. The lowest BCUT2D eigenvalue weighted by Gasteiger charge is -2.18. The largest absolute Gasteiger partial charge is 0.481 e. The van der Waals surface area contributed by atoms with Gasteiger partial charge in [0, 0.05) is 21.9 Å². The molecule has 0 aliphatic carbocycles. The second-order valence-electron chi connectivity index (χ2n) is 5.43. The van der Waals surface area contributed by atoms with Crippen molar-refractivity contribution in [3.8, 4) is 0 Å². The van der Waals surface area contributed by atoms with Gasteiger partial charge < -0.3 is 10.4 Å². The molecule has 1 unspecified atom stereocenters. The van der Waals surface area contributed by atoms with Crippen LogP contribution in [0.3, 0.4) is 0 Å². The Balaban J connectivity index is 2.65. The fourth-order valence-corrected chi connectivity index (χ4v) is 3.39. The molecule has 1 aromatic carbocycles. The van der Waals surface area contributed by atoms with Crippen LogP contribution >= 0.6 is 31.9 Å². The summed E-state index contributed by atoms with van der Waals surface area (Å²) in [7, 11) is 0. The van der Waals surface area contributed by atoms with Crippen molar-refractivity contribution in [3.63, 3.8) is 0 Å². The third kappa shape index (κ3) is 6.61. The minimum Gasteiger partial charge on any atom is -0.481 e. The fourth-order valence-electron chi connectivity index (χ4n) is 2.16. The van der Waals surface area contributed by atoms with Crippen molar-refractivity contribution in [1.82, 2.24) is 5.32 Å². The van der Waals surface area contributed by atoms with Gasteiger partial charge in [-0.25, -0.2) is 0 Å². The summed E-state index contributed by atoms with van der Waals surface area (Å²) in [6, 6.07) is 5.32. The molecule has 0 aromatic heterocycles. The number of carbonyl (C=O) groups excluding carboxylic acids is 1. The van der Waals surface area contributed by atoms with E-state index in [2.05, 4.69) is 37.2 Å². The monoisotopic (exact) mass is 419 g/mol. The Bertz CT molecular complexity index is 518. The summed E-state index contributed by atoms with van der Waals surface area (Å²) in [6.07, 6.45) is 0.841. The first kappa shape index (κ1) is 18.2. The number of carboxylic acid groups (broad SMARTS) is 1. The second kappa shape index (κ2) is 8.54. The number of nitrogens with one attached hydrogen (secondary N) is 1. The van der Waals surface area contributed by atoms with Gasteiger partial charge in [0.25, 0.3) is 5.91 Å². The average molecular weight is 421 g/mol. The van der Waals surface area contributed by atoms with Gasteiger partial charge in [-0.05, 0) is 52.4 Å². The summed E-state index contributed by atoms with van der Waals surface area (Å²) in [5, 5.41) is 11.8. The summed E-state index contributed by atoms with van der Waals surface area (Å²) >= 11 is 6.69. The third-order valence-electron chi connectivity index (χ3n) is 3.00.